The van der Waals surface area contributed by atoms with Gasteiger partial charge in [0.15, 0.2) is 0 Å². The second kappa shape index (κ2) is 6.22. The highest BCUT2D eigenvalue weighted by molar-refractivity contribution is 5.91. The lowest BCUT2D eigenvalue weighted by Gasteiger charge is -2.23. The molecule has 0 aliphatic heterocycles. The van der Waals surface area contributed by atoms with Crippen LogP contribution in [0, 0.1) is 0 Å². The Bertz CT molecular complexity index is 684. The molecule has 3 nitrogen and oxygen atoms in total. The molecule has 116 valence electrons. The molecule has 0 aliphatic carbocycles. The number of hydrogen-bond donors (Lipinski definition) is 1. The average Bonchev–Trinajstić information content (AvgIpc) is 2.46. The molecule has 0 amide bonds. The minimum absolute atomic E-state index is 0.0109. The maximum absolute atomic E-state index is 11.9. The van der Waals surface area contributed by atoms with Gasteiger partial charge in [-0.05, 0) is 53.3 Å². The Morgan fingerprint density at radius 2 is 1.86 bits per heavy atom. The van der Waals surface area contributed by atoms with Crippen LogP contribution in [-0.2, 0) is 10.2 Å². The fourth-order valence-corrected chi connectivity index (χ4v) is 2.48. The molecule has 0 fully saturated rings. The summed E-state index contributed by atoms with van der Waals surface area (Å²) in [5.74, 6) is -0.300. The van der Waals surface area contributed by atoms with Crippen LogP contribution in [0.25, 0.3) is 11.1 Å². The van der Waals surface area contributed by atoms with Crippen LogP contribution in [0.15, 0.2) is 42.5 Å². The van der Waals surface area contributed by atoms with Gasteiger partial charge >= 0.3 is 5.97 Å². The van der Waals surface area contributed by atoms with E-state index in [1.54, 1.807) is 13.0 Å². The summed E-state index contributed by atoms with van der Waals surface area (Å²) < 4.78 is 5.08. The van der Waals surface area contributed by atoms with Crippen molar-refractivity contribution < 1.29 is 9.53 Å². The standard InChI is InChI=1S/C19H23NO2/c1-5-22-18(21)14-8-6-7-13(11-14)16-12-15(20)9-10-17(16)19(2,3)4/h6-12H,5,20H2,1-4H3. The van der Waals surface area contributed by atoms with Crippen LogP contribution in [0.1, 0.15) is 43.6 Å². The van der Waals surface area contributed by atoms with E-state index in [1.807, 2.05) is 30.3 Å². The average molecular weight is 297 g/mol. The quantitative estimate of drug-likeness (QED) is 0.674. The zero-order valence-corrected chi connectivity index (χ0v) is 13.6. The molecule has 0 aromatic heterocycles. The van der Waals surface area contributed by atoms with Gasteiger partial charge in [0, 0.05) is 5.69 Å². The van der Waals surface area contributed by atoms with Crippen molar-refractivity contribution in [2.24, 2.45) is 0 Å². The molecule has 0 saturated heterocycles. The summed E-state index contributed by atoms with van der Waals surface area (Å²) in [7, 11) is 0. The first-order valence-corrected chi connectivity index (χ1v) is 7.50. The number of nitrogens with two attached hydrogens (primary N) is 1. The van der Waals surface area contributed by atoms with Crippen molar-refractivity contribution in [2.75, 3.05) is 12.3 Å². The fraction of sp³-hybridized carbons (Fsp3) is 0.316. The monoisotopic (exact) mass is 297 g/mol. The molecule has 2 N–H and O–H groups in total. The number of hydrogen-bond acceptors (Lipinski definition) is 3. The summed E-state index contributed by atoms with van der Waals surface area (Å²) in [6, 6.07) is 13.4. The molecule has 0 unspecified atom stereocenters. The zero-order chi connectivity index (χ0) is 16.3. The van der Waals surface area contributed by atoms with Crippen molar-refractivity contribution in [1.29, 1.82) is 0 Å². The van der Waals surface area contributed by atoms with Gasteiger partial charge in [-0.1, -0.05) is 39.0 Å². The van der Waals surface area contributed by atoms with Gasteiger partial charge in [0.1, 0.15) is 0 Å². The zero-order valence-electron chi connectivity index (χ0n) is 13.6. The van der Waals surface area contributed by atoms with E-state index >= 15 is 0 Å². The van der Waals surface area contributed by atoms with Gasteiger partial charge in [0.05, 0.1) is 12.2 Å². The summed E-state index contributed by atoms with van der Waals surface area (Å²) in [5.41, 5.74) is 10.4. The number of anilines is 1. The minimum Gasteiger partial charge on any atom is -0.462 e. The van der Waals surface area contributed by atoms with Crippen molar-refractivity contribution >= 4 is 11.7 Å². The predicted octanol–water partition coefficient (Wildman–Crippen LogP) is 4.41. The van der Waals surface area contributed by atoms with Crippen molar-refractivity contribution in [3.05, 3.63) is 53.6 Å². The van der Waals surface area contributed by atoms with Crippen LogP contribution >= 0.6 is 0 Å². The predicted molar refractivity (Wildman–Crippen MR) is 90.9 cm³/mol. The van der Waals surface area contributed by atoms with Crippen molar-refractivity contribution in [1.82, 2.24) is 0 Å². The lowest BCUT2D eigenvalue weighted by atomic mass is 9.81. The van der Waals surface area contributed by atoms with E-state index in [1.165, 1.54) is 5.56 Å². The topological polar surface area (TPSA) is 52.3 Å². The van der Waals surface area contributed by atoms with Gasteiger partial charge in [-0.15, -0.1) is 0 Å². The molecule has 2 aromatic carbocycles. The number of benzene rings is 2. The molecule has 2 rings (SSSR count). The van der Waals surface area contributed by atoms with Gasteiger partial charge in [-0.25, -0.2) is 4.79 Å². The number of carbonyl (C=O) groups is 1. The Labute approximate surface area is 132 Å². The third-order valence-corrected chi connectivity index (χ3v) is 3.54. The SMILES string of the molecule is CCOC(=O)c1cccc(-c2cc(N)ccc2C(C)(C)C)c1. The van der Waals surface area contributed by atoms with Gasteiger partial charge in [0.2, 0.25) is 0 Å². The molecular formula is C19H23NO2. The van der Waals surface area contributed by atoms with Gasteiger partial charge < -0.3 is 10.5 Å². The first-order chi connectivity index (χ1) is 10.3. The van der Waals surface area contributed by atoms with E-state index in [0.29, 0.717) is 17.9 Å². The van der Waals surface area contributed by atoms with Crippen LogP contribution in [0.4, 0.5) is 5.69 Å². The molecule has 3 heteroatoms. The molecule has 0 aliphatic rings. The third-order valence-electron chi connectivity index (χ3n) is 3.54. The molecule has 22 heavy (non-hydrogen) atoms. The summed E-state index contributed by atoms with van der Waals surface area (Å²) >= 11 is 0. The first-order valence-electron chi connectivity index (χ1n) is 7.50. The third kappa shape index (κ3) is 3.48. The van der Waals surface area contributed by atoms with Crippen LogP contribution in [0.2, 0.25) is 0 Å². The number of carbonyl (C=O) groups excluding carboxylic acids is 1. The highest BCUT2D eigenvalue weighted by Crippen LogP contribution is 2.34. The Morgan fingerprint density at radius 3 is 2.50 bits per heavy atom. The lowest BCUT2D eigenvalue weighted by molar-refractivity contribution is 0.0526. The lowest BCUT2D eigenvalue weighted by Crippen LogP contribution is -2.13. The molecule has 0 saturated carbocycles. The molecular weight excluding hydrogens is 274 g/mol. The van der Waals surface area contributed by atoms with E-state index in [9.17, 15) is 4.79 Å². The normalized spacial score (nSPS) is 11.3. The van der Waals surface area contributed by atoms with Gasteiger partial charge in [-0.2, -0.15) is 0 Å². The first kappa shape index (κ1) is 16.1. The number of ether oxygens (including phenoxy) is 1. The fourth-order valence-electron chi connectivity index (χ4n) is 2.48. The van der Waals surface area contributed by atoms with Crippen LogP contribution in [0.3, 0.4) is 0 Å². The summed E-state index contributed by atoms with van der Waals surface area (Å²) in [6.45, 7) is 8.66. The Balaban J connectivity index is 2.55. The Hall–Kier alpha value is -2.29. The molecule has 0 spiro atoms. The molecule has 0 heterocycles. The minimum atomic E-state index is -0.300. The van der Waals surface area contributed by atoms with Crippen LogP contribution < -0.4 is 5.73 Å². The molecule has 0 bridgehead atoms. The molecule has 2 aromatic rings. The summed E-state index contributed by atoms with van der Waals surface area (Å²) in [6.07, 6.45) is 0. The number of nitrogen functional groups attached to an aromatic ring is 1. The van der Waals surface area contributed by atoms with Crippen molar-refractivity contribution in [2.45, 2.75) is 33.1 Å². The Kier molecular flexibility index (Phi) is 4.55. The highest BCUT2D eigenvalue weighted by Gasteiger charge is 2.19. The molecule has 0 atom stereocenters. The maximum atomic E-state index is 11.9. The van der Waals surface area contributed by atoms with Crippen LogP contribution in [-0.4, -0.2) is 12.6 Å². The number of rotatable bonds is 3. The van der Waals surface area contributed by atoms with Gasteiger partial charge in [0.25, 0.3) is 0 Å². The Morgan fingerprint density at radius 1 is 1.14 bits per heavy atom. The van der Waals surface area contributed by atoms with Crippen molar-refractivity contribution in [3.63, 3.8) is 0 Å². The molecule has 0 radical (unpaired) electrons. The summed E-state index contributed by atoms with van der Waals surface area (Å²) in [4.78, 5) is 11.9. The van der Waals surface area contributed by atoms with E-state index in [-0.39, 0.29) is 11.4 Å². The van der Waals surface area contributed by atoms with E-state index < -0.39 is 0 Å². The largest absolute Gasteiger partial charge is 0.462 e. The van der Waals surface area contributed by atoms with Crippen molar-refractivity contribution in [3.8, 4) is 11.1 Å². The van der Waals surface area contributed by atoms with E-state index in [4.69, 9.17) is 10.5 Å². The van der Waals surface area contributed by atoms with E-state index in [0.717, 1.165) is 11.1 Å². The van der Waals surface area contributed by atoms with Crippen LogP contribution in [0.5, 0.6) is 0 Å². The van der Waals surface area contributed by atoms with E-state index in [2.05, 4.69) is 26.8 Å². The van der Waals surface area contributed by atoms with Gasteiger partial charge in [-0.3, -0.25) is 0 Å². The highest BCUT2D eigenvalue weighted by atomic mass is 16.5. The second-order valence-electron chi connectivity index (χ2n) is 6.36. The second-order valence-corrected chi connectivity index (χ2v) is 6.36. The number of esters is 1. The summed E-state index contributed by atoms with van der Waals surface area (Å²) in [5, 5.41) is 0. The maximum Gasteiger partial charge on any atom is 0.338 e. The smallest absolute Gasteiger partial charge is 0.338 e.